The molecule has 0 spiro atoms. The molecule has 0 amide bonds. The zero-order chi connectivity index (χ0) is 24.6. The van der Waals surface area contributed by atoms with Crippen LogP contribution in [0.1, 0.15) is 58.2 Å². The summed E-state index contributed by atoms with van der Waals surface area (Å²) >= 11 is 0. The third-order valence-corrected chi connectivity index (χ3v) is 6.46. The molecule has 0 fully saturated rings. The summed E-state index contributed by atoms with van der Waals surface area (Å²) < 4.78 is 6.79. The number of hydrogen-bond donors (Lipinski definition) is 0. The minimum absolute atomic E-state index is 0.0897. The summed E-state index contributed by atoms with van der Waals surface area (Å²) in [4.78, 5) is 4.81. The van der Waals surface area contributed by atoms with Crippen LogP contribution < -0.4 is 15.8 Å². The Morgan fingerprint density at radius 1 is 0.853 bits per heavy atom. The average Bonchev–Trinajstić information content (AvgIpc) is 2.70. The quantitative estimate of drug-likeness (QED) is 0.302. The highest BCUT2D eigenvalue weighted by molar-refractivity contribution is 6.52. The molecule has 4 aromatic rings. The number of hydrogen-bond acceptors (Lipinski definition) is 2. The zero-order valence-electron chi connectivity index (χ0n) is 21.4. The van der Waals surface area contributed by atoms with E-state index < -0.39 is 0 Å². The highest BCUT2D eigenvalue weighted by Crippen LogP contribution is 2.50. The lowest BCUT2D eigenvalue weighted by Gasteiger charge is -2.29. The van der Waals surface area contributed by atoms with Gasteiger partial charge in [0.1, 0.15) is 27.2 Å². The normalized spacial score (nSPS) is 13.3. The first kappa shape index (κ1) is 23.0. The largest absolute Gasteiger partial charge is 0.456 e. The van der Waals surface area contributed by atoms with Crippen LogP contribution in [-0.2, 0) is 12.8 Å². The fourth-order valence-corrected chi connectivity index (χ4v) is 5.17. The summed E-state index contributed by atoms with van der Waals surface area (Å²) in [6.07, 6.45) is 1.80. The van der Waals surface area contributed by atoms with E-state index in [1.54, 1.807) is 0 Å². The van der Waals surface area contributed by atoms with Crippen LogP contribution in [0, 0.1) is 17.8 Å². The molecule has 34 heavy (non-hydrogen) atoms. The van der Waals surface area contributed by atoms with Crippen molar-refractivity contribution in [3.05, 3.63) is 53.1 Å². The summed E-state index contributed by atoms with van der Waals surface area (Å²) in [7, 11) is 12.8. The van der Waals surface area contributed by atoms with Crippen LogP contribution in [0.15, 0.2) is 36.4 Å². The topological polar surface area (TPSA) is 22.1 Å². The first-order chi connectivity index (χ1) is 15.8. The number of nitrogens with zero attached hydrogens (tertiary/aromatic N) is 1. The Bertz CT molecular complexity index is 1470. The summed E-state index contributed by atoms with van der Waals surface area (Å²) in [6, 6.07) is 13.1. The van der Waals surface area contributed by atoms with Crippen molar-refractivity contribution in [2.24, 2.45) is 10.8 Å². The van der Waals surface area contributed by atoms with Crippen molar-refractivity contribution in [3.63, 3.8) is 0 Å². The molecule has 0 saturated heterocycles. The minimum Gasteiger partial charge on any atom is -0.456 e. The van der Waals surface area contributed by atoms with Gasteiger partial charge in [-0.15, -0.1) is 0 Å². The molecule has 0 atom stereocenters. The molecule has 0 bridgehead atoms. The van der Waals surface area contributed by atoms with Gasteiger partial charge in [0.05, 0.1) is 11.1 Å². The lowest BCUT2D eigenvalue weighted by Crippen LogP contribution is -2.31. The third kappa shape index (κ3) is 4.02. The maximum Gasteiger partial charge on any atom is 0.140 e. The van der Waals surface area contributed by atoms with Crippen molar-refractivity contribution in [2.45, 2.75) is 61.3 Å². The van der Waals surface area contributed by atoms with Gasteiger partial charge in [-0.2, -0.15) is 0 Å². The monoisotopic (exact) mass is 443 g/mol. The van der Waals surface area contributed by atoms with Crippen LogP contribution in [0.5, 0.6) is 11.5 Å². The van der Waals surface area contributed by atoms with E-state index in [0.717, 1.165) is 46.4 Å². The molecule has 1 aliphatic rings. The van der Waals surface area contributed by atoms with Crippen molar-refractivity contribution < 1.29 is 4.74 Å². The van der Waals surface area contributed by atoms with E-state index in [0.29, 0.717) is 11.1 Å². The van der Waals surface area contributed by atoms with Gasteiger partial charge in [-0.05, 0) is 70.0 Å². The van der Waals surface area contributed by atoms with Gasteiger partial charge in [0, 0.05) is 11.1 Å². The highest BCUT2D eigenvalue weighted by Gasteiger charge is 2.29. The molecule has 1 aliphatic heterocycles. The number of pyridine rings is 1. The third-order valence-electron chi connectivity index (χ3n) is 6.46. The standard InChI is InChI=1S/C30H31B2NO/c1-16-8-9-18-13-21-26-24-20(25(31)28(32)33-26)11-17(14-29(2,3)4)12-23(24)34-27(21)22(19(18)10-16)15-30(5,6)7/h8-13H,14-15H2,1-7H3. The Labute approximate surface area is 205 Å². The Kier molecular flexibility index (Phi) is 5.17. The van der Waals surface area contributed by atoms with E-state index in [-0.39, 0.29) is 10.8 Å². The number of ether oxygens (including phenoxy) is 1. The fourth-order valence-electron chi connectivity index (χ4n) is 5.17. The van der Waals surface area contributed by atoms with Crippen molar-refractivity contribution in [1.82, 2.24) is 4.98 Å². The van der Waals surface area contributed by atoms with Crippen LogP contribution in [0.4, 0.5) is 0 Å². The van der Waals surface area contributed by atoms with Crippen LogP contribution in [0.25, 0.3) is 32.8 Å². The number of aryl methyl sites for hydroxylation is 1. The maximum atomic E-state index is 6.79. The van der Waals surface area contributed by atoms with E-state index in [1.807, 2.05) is 0 Å². The predicted molar refractivity (Wildman–Crippen MR) is 147 cm³/mol. The molecule has 2 heterocycles. The van der Waals surface area contributed by atoms with Gasteiger partial charge < -0.3 is 4.74 Å². The van der Waals surface area contributed by atoms with Gasteiger partial charge >= 0.3 is 0 Å². The average molecular weight is 443 g/mol. The molecule has 0 unspecified atom stereocenters. The second-order valence-electron chi connectivity index (χ2n) is 12.3. The van der Waals surface area contributed by atoms with Gasteiger partial charge in [0.25, 0.3) is 0 Å². The summed E-state index contributed by atoms with van der Waals surface area (Å²) in [5.41, 5.74) is 6.62. The van der Waals surface area contributed by atoms with Crippen LogP contribution in [0.2, 0.25) is 0 Å². The van der Waals surface area contributed by atoms with Gasteiger partial charge in [-0.25, -0.2) is 0 Å². The Morgan fingerprint density at radius 2 is 1.56 bits per heavy atom. The zero-order valence-corrected chi connectivity index (χ0v) is 21.4. The first-order valence-electron chi connectivity index (χ1n) is 12.1. The van der Waals surface area contributed by atoms with E-state index >= 15 is 0 Å². The predicted octanol–water partition coefficient (Wildman–Crippen LogP) is 6.23. The number of benzene rings is 3. The number of fused-ring (bicyclic) bond motifs is 3. The van der Waals surface area contributed by atoms with Crippen molar-refractivity contribution >= 4 is 48.3 Å². The molecule has 0 N–H and O–H groups in total. The Morgan fingerprint density at radius 3 is 2.24 bits per heavy atom. The van der Waals surface area contributed by atoms with Gasteiger partial charge in [-0.1, -0.05) is 76.8 Å². The lowest BCUT2D eigenvalue weighted by atomic mass is 9.78. The molecular weight excluding hydrogens is 412 g/mol. The molecule has 1 aromatic heterocycles. The van der Waals surface area contributed by atoms with E-state index in [1.165, 1.54) is 27.5 Å². The summed E-state index contributed by atoms with van der Waals surface area (Å²) in [5.74, 6) is 1.71. The van der Waals surface area contributed by atoms with Gasteiger partial charge in [0.2, 0.25) is 0 Å². The van der Waals surface area contributed by atoms with Gasteiger partial charge in [-0.3, -0.25) is 4.98 Å². The van der Waals surface area contributed by atoms with Crippen molar-refractivity contribution in [3.8, 4) is 22.8 Å². The molecule has 168 valence electrons. The molecule has 2 nitrogen and oxygen atoms in total. The molecule has 0 saturated carbocycles. The smallest absolute Gasteiger partial charge is 0.140 e. The van der Waals surface area contributed by atoms with E-state index in [2.05, 4.69) is 84.9 Å². The van der Waals surface area contributed by atoms with Crippen LogP contribution in [-0.4, -0.2) is 20.7 Å². The fraction of sp³-hybridized carbons (Fsp3) is 0.367. The molecule has 4 radical (unpaired) electrons. The van der Waals surface area contributed by atoms with Crippen molar-refractivity contribution in [1.29, 1.82) is 0 Å². The van der Waals surface area contributed by atoms with E-state index in [4.69, 9.17) is 25.4 Å². The molecule has 5 rings (SSSR count). The SMILES string of the molecule is [B]c1nc2c3c(cc(CC(C)(C)C)cc3c1[B])Oc1c-2cc2ccc(C)cc2c1CC(C)(C)C. The van der Waals surface area contributed by atoms with Crippen LogP contribution >= 0.6 is 0 Å². The van der Waals surface area contributed by atoms with Crippen LogP contribution in [0.3, 0.4) is 0 Å². The number of rotatable bonds is 2. The Hall–Kier alpha value is -2.74. The summed E-state index contributed by atoms with van der Waals surface area (Å²) in [5, 5.41) is 4.30. The highest BCUT2D eigenvalue weighted by atomic mass is 16.5. The molecule has 4 heteroatoms. The Balaban J connectivity index is 1.87. The first-order valence-corrected chi connectivity index (χ1v) is 12.1. The minimum atomic E-state index is 0.0897. The maximum absolute atomic E-state index is 6.79. The lowest BCUT2D eigenvalue weighted by molar-refractivity contribution is 0.398. The summed E-state index contributed by atoms with van der Waals surface area (Å²) in [6.45, 7) is 15.7. The molecule has 3 aromatic carbocycles. The number of aromatic nitrogens is 1. The second kappa shape index (κ2) is 7.63. The van der Waals surface area contributed by atoms with Gasteiger partial charge in [0.15, 0.2) is 0 Å². The molecule has 0 aliphatic carbocycles. The molecular formula is C30H31B2NO. The van der Waals surface area contributed by atoms with Crippen molar-refractivity contribution in [2.75, 3.05) is 0 Å². The second-order valence-corrected chi connectivity index (χ2v) is 12.3. The van der Waals surface area contributed by atoms with E-state index in [9.17, 15) is 0 Å².